The first-order valence-electron chi connectivity index (χ1n) is 18.3. The van der Waals surface area contributed by atoms with Gasteiger partial charge in [-0.05, 0) is 125 Å². The Bertz CT molecular complexity index is 1740. The fraction of sp³-hybridized carbons (Fsp3) is 0.561. The third-order valence-corrected chi connectivity index (χ3v) is 13.8. The molecule has 2 aliphatic carbocycles. The fourth-order valence-electron chi connectivity index (χ4n) is 8.14. The summed E-state index contributed by atoms with van der Waals surface area (Å²) >= 11 is 6.46. The molecule has 2 aromatic rings. The van der Waals surface area contributed by atoms with Gasteiger partial charge in [0, 0.05) is 41.5 Å². The summed E-state index contributed by atoms with van der Waals surface area (Å²) in [6.07, 6.45) is 10.3. The molecule has 51 heavy (non-hydrogen) atoms. The van der Waals surface area contributed by atoms with E-state index in [0.717, 1.165) is 49.4 Å². The minimum Gasteiger partial charge on any atom is -0.490 e. The second-order valence-electron chi connectivity index (χ2n) is 15.4. The standard InChI is InChI=1S/C41H55ClN2O6S/c1-8-11-14-32(9-2)51(47,25-38(45)50-40(4,5)6)43-39(46)29-16-20-37-35(23-29)44(24-30-15-18-33(30)36(10-3)48-7)26-41(27-49-37)21-12-13-28-22-31(42)17-19-34(28)41/h8,10,16-17,19-20,22-23,30,32-33,36H,1,3,9,11-15,18,21,24-27H2,2,4-7H3/t30-,32+,33+,36-,41-,51?/m0/s1. The monoisotopic (exact) mass is 738 g/mol. The second-order valence-corrected chi connectivity index (χ2v) is 18.4. The smallest absolute Gasteiger partial charge is 0.320 e. The Balaban J connectivity index is 1.55. The van der Waals surface area contributed by atoms with Crippen molar-refractivity contribution in [3.63, 3.8) is 0 Å². The zero-order valence-corrected chi connectivity index (χ0v) is 32.5. The molecule has 1 amide bonds. The summed E-state index contributed by atoms with van der Waals surface area (Å²) in [5, 5.41) is 0.249. The molecule has 0 N–H and O–H groups in total. The number of rotatable bonds is 13. The lowest BCUT2D eigenvalue weighted by Crippen LogP contribution is -2.49. The molecule has 1 fully saturated rings. The SMILES string of the molecule is C=CCC[C@@H](CC)S(=O)(CC(=O)OC(C)(C)C)=NC(=O)c1ccc2c(c1)N(C[C@@H]1CC[C@H]1[C@H](C=C)OC)C[C@@]1(CCCc3cc(Cl)ccc31)CO2. The van der Waals surface area contributed by atoms with Gasteiger partial charge in [0.25, 0.3) is 5.91 Å². The highest BCUT2D eigenvalue weighted by molar-refractivity contribution is 7.95. The molecule has 6 atom stereocenters. The van der Waals surface area contributed by atoms with Crippen molar-refractivity contribution in [3.8, 4) is 5.75 Å². The normalized spacial score (nSPS) is 23.6. The molecule has 1 saturated carbocycles. The molecule has 1 aliphatic heterocycles. The summed E-state index contributed by atoms with van der Waals surface area (Å²) in [6, 6.07) is 11.6. The first kappa shape index (κ1) is 39.1. The van der Waals surface area contributed by atoms with Crippen LogP contribution in [0.3, 0.4) is 0 Å². The first-order chi connectivity index (χ1) is 24.2. The van der Waals surface area contributed by atoms with Gasteiger partial charge >= 0.3 is 5.97 Å². The molecule has 10 heteroatoms. The van der Waals surface area contributed by atoms with Crippen molar-refractivity contribution in [2.45, 2.75) is 101 Å². The molecular formula is C41H55ClN2O6S. The van der Waals surface area contributed by atoms with Crippen LogP contribution < -0.4 is 9.64 Å². The van der Waals surface area contributed by atoms with Crippen LogP contribution in [0.1, 0.15) is 94.1 Å². The Labute approximate surface area is 310 Å². The van der Waals surface area contributed by atoms with Crippen LogP contribution in [0, 0.1) is 11.8 Å². The molecule has 8 nitrogen and oxygen atoms in total. The zero-order valence-electron chi connectivity index (χ0n) is 31.0. The molecule has 0 aromatic heterocycles. The quantitative estimate of drug-likeness (QED) is 0.150. The number of benzene rings is 2. The minimum absolute atomic E-state index is 0.0320. The summed E-state index contributed by atoms with van der Waals surface area (Å²) in [4.78, 5) is 29.5. The van der Waals surface area contributed by atoms with E-state index in [4.69, 9.17) is 25.8 Å². The van der Waals surface area contributed by atoms with Crippen LogP contribution in [0.4, 0.5) is 5.69 Å². The van der Waals surface area contributed by atoms with Crippen molar-refractivity contribution >= 4 is 38.9 Å². The van der Waals surface area contributed by atoms with Crippen molar-refractivity contribution in [2.75, 3.05) is 37.5 Å². The van der Waals surface area contributed by atoms with Gasteiger partial charge in [0.15, 0.2) is 0 Å². The van der Waals surface area contributed by atoms with Gasteiger partial charge < -0.3 is 19.1 Å². The van der Waals surface area contributed by atoms with Crippen molar-refractivity contribution < 1.29 is 28.0 Å². The lowest BCUT2D eigenvalue weighted by molar-refractivity contribution is -0.151. The van der Waals surface area contributed by atoms with E-state index in [1.807, 2.05) is 31.2 Å². The molecule has 1 heterocycles. The van der Waals surface area contributed by atoms with Crippen molar-refractivity contribution in [2.24, 2.45) is 16.2 Å². The molecule has 0 saturated heterocycles. The van der Waals surface area contributed by atoms with Crippen LogP contribution in [-0.2, 0) is 35.8 Å². The predicted molar refractivity (Wildman–Crippen MR) is 207 cm³/mol. The Kier molecular flexibility index (Phi) is 12.5. The summed E-state index contributed by atoms with van der Waals surface area (Å²) < 4.78 is 37.0. The fourth-order valence-corrected chi connectivity index (χ4v) is 10.6. The zero-order chi connectivity index (χ0) is 37.0. The van der Waals surface area contributed by atoms with Gasteiger partial charge in [-0.15, -0.1) is 13.2 Å². The number of fused-ring (bicyclic) bond motifs is 3. The van der Waals surface area contributed by atoms with E-state index in [1.165, 1.54) is 11.1 Å². The minimum atomic E-state index is -3.33. The summed E-state index contributed by atoms with van der Waals surface area (Å²) in [6.45, 7) is 17.0. The van der Waals surface area contributed by atoms with Gasteiger partial charge in [-0.3, -0.25) is 9.59 Å². The van der Waals surface area contributed by atoms with Crippen LogP contribution in [0.25, 0.3) is 0 Å². The maximum Gasteiger partial charge on any atom is 0.320 e. The van der Waals surface area contributed by atoms with Crippen molar-refractivity contribution in [1.82, 2.24) is 0 Å². The molecule has 278 valence electrons. The average molecular weight is 739 g/mol. The van der Waals surface area contributed by atoms with E-state index in [2.05, 4.69) is 34.6 Å². The number of ether oxygens (including phenoxy) is 3. The van der Waals surface area contributed by atoms with Crippen LogP contribution >= 0.6 is 11.6 Å². The molecule has 1 spiro atoms. The third kappa shape index (κ3) is 8.91. The maximum absolute atomic E-state index is 14.6. The Hall–Kier alpha value is -3.14. The Morgan fingerprint density at radius 2 is 1.98 bits per heavy atom. The molecule has 1 unspecified atom stereocenters. The van der Waals surface area contributed by atoms with E-state index >= 15 is 0 Å². The Morgan fingerprint density at radius 1 is 1.20 bits per heavy atom. The number of amides is 1. The van der Waals surface area contributed by atoms with Crippen LogP contribution in [-0.4, -0.2) is 65.6 Å². The molecule has 0 radical (unpaired) electrons. The van der Waals surface area contributed by atoms with E-state index in [9.17, 15) is 13.8 Å². The van der Waals surface area contributed by atoms with Crippen molar-refractivity contribution in [3.05, 3.63) is 83.4 Å². The van der Waals surface area contributed by atoms with Gasteiger partial charge in [-0.25, -0.2) is 4.21 Å². The number of hydrogen-bond acceptors (Lipinski definition) is 7. The molecule has 3 aliphatic rings. The van der Waals surface area contributed by atoms with Crippen LogP contribution in [0.15, 0.2) is 66.1 Å². The number of aryl methyl sites for hydroxylation is 1. The van der Waals surface area contributed by atoms with Gasteiger partial charge in [-0.1, -0.05) is 36.7 Å². The third-order valence-electron chi connectivity index (χ3n) is 10.8. The highest BCUT2D eigenvalue weighted by atomic mass is 35.5. The van der Waals surface area contributed by atoms with E-state index in [1.54, 1.807) is 40.0 Å². The predicted octanol–water partition coefficient (Wildman–Crippen LogP) is 8.74. The van der Waals surface area contributed by atoms with Crippen LogP contribution in [0.5, 0.6) is 5.75 Å². The number of methoxy groups -OCH3 is 1. The maximum atomic E-state index is 14.6. The number of anilines is 1. The molecule has 2 aromatic carbocycles. The lowest BCUT2D eigenvalue weighted by Gasteiger charge is -2.46. The van der Waals surface area contributed by atoms with Gasteiger partial charge in [-0.2, -0.15) is 4.36 Å². The number of carbonyl (C=O) groups excluding carboxylic acids is 2. The topological polar surface area (TPSA) is 94.5 Å². The van der Waals surface area contributed by atoms with E-state index in [-0.39, 0.29) is 11.5 Å². The highest BCUT2D eigenvalue weighted by Gasteiger charge is 2.44. The molecule has 5 rings (SSSR count). The lowest BCUT2D eigenvalue weighted by atomic mass is 9.68. The summed E-state index contributed by atoms with van der Waals surface area (Å²) in [5.74, 6) is -0.314. The van der Waals surface area contributed by atoms with Gasteiger partial charge in [0.2, 0.25) is 0 Å². The number of esters is 1. The number of halogens is 1. The number of hydrogen-bond donors (Lipinski definition) is 0. The summed E-state index contributed by atoms with van der Waals surface area (Å²) in [5.41, 5.74) is 2.60. The largest absolute Gasteiger partial charge is 0.490 e. The first-order valence-corrected chi connectivity index (χ1v) is 20.4. The Morgan fingerprint density at radius 3 is 2.63 bits per heavy atom. The van der Waals surface area contributed by atoms with Gasteiger partial charge in [0.1, 0.15) is 17.1 Å². The van der Waals surface area contributed by atoms with Crippen LogP contribution in [0.2, 0.25) is 5.02 Å². The summed E-state index contributed by atoms with van der Waals surface area (Å²) in [7, 11) is -1.60. The average Bonchev–Trinajstić information content (AvgIpc) is 3.21. The number of allylic oxidation sites excluding steroid dienone is 1. The number of nitrogens with zero attached hydrogens (tertiary/aromatic N) is 2. The number of carbonyl (C=O) groups is 2. The van der Waals surface area contributed by atoms with E-state index < -0.39 is 38.2 Å². The van der Waals surface area contributed by atoms with Gasteiger partial charge in [0.05, 0.1) is 28.1 Å². The van der Waals surface area contributed by atoms with Crippen molar-refractivity contribution in [1.29, 1.82) is 0 Å². The highest BCUT2D eigenvalue weighted by Crippen LogP contribution is 2.47. The van der Waals surface area contributed by atoms with E-state index in [0.29, 0.717) is 55.6 Å². The molecule has 0 bridgehead atoms. The second kappa shape index (κ2) is 16.3. The molecular weight excluding hydrogens is 684 g/mol.